The van der Waals surface area contributed by atoms with Crippen LogP contribution in [0.3, 0.4) is 0 Å². The molecule has 0 radical (unpaired) electrons. The van der Waals surface area contributed by atoms with E-state index < -0.39 is 28.0 Å². The van der Waals surface area contributed by atoms with Crippen molar-refractivity contribution in [2.45, 2.75) is 5.92 Å². The lowest BCUT2D eigenvalue weighted by atomic mass is 9.76. The van der Waals surface area contributed by atoms with E-state index in [9.17, 15) is 24.5 Å². The summed E-state index contributed by atoms with van der Waals surface area (Å²) < 4.78 is 2.18. The van der Waals surface area contributed by atoms with Crippen LogP contribution >= 0.6 is 0 Å². The molecule has 2 atom stereocenters. The van der Waals surface area contributed by atoms with E-state index in [-0.39, 0.29) is 28.4 Å². The summed E-state index contributed by atoms with van der Waals surface area (Å²) >= 11 is 0. The van der Waals surface area contributed by atoms with Crippen LogP contribution in [0.5, 0.6) is 0 Å². The molecule has 0 bridgehead atoms. The minimum atomic E-state index is -0.950. The van der Waals surface area contributed by atoms with Crippen molar-refractivity contribution >= 4 is 23.0 Å². The highest BCUT2D eigenvalue weighted by atomic mass is 16.6. The molecule has 9 nitrogen and oxygen atoms in total. The highest BCUT2D eigenvalue weighted by Crippen LogP contribution is 2.48. The Morgan fingerprint density at radius 1 is 0.903 bits per heavy atom. The number of hydrogen-bond acceptors (Lipinski definition) is 6. The predicted molar refractivity (Wildman–Crippen MR) is 112 cm³/mol. The number of benzene rings is 2. The van der Waals surface area contributed by atoms with Crippen molar-refractivity contribution in [1.82, 2.24) is 9.13 Å². The van der Waals surface area contributed by atoms with Crippen molar-refractivity contribution in [3.8, 4) is 0 Å². The van der Waals surface area contributed by atoms with Gasteiger partial charge in [-0.25, -0.2) is 9.79 Å². The first-order valence-electron chi connectivity index (χ1n) is 9.58. The van der Waals surface area contributed by atoms with E-state index in [1.807, 2.05) is 0 Å². The number of hydrogen-bond donors (Lipinski definition) is 0. The summed E-state index contributed by atoms with van der Waals surface area (Å²) in [5, 5.41) is 11.8. The second-order valence-corrected chi connectivity index (χ2v) is 7.62. The molecule has 2 aromatic carbocycles. The summed E-state index contributed by atoms with van der Waals surface area (Å²) in [5.74, 6) is -1.98. The number of aromatic nitrogens is 2. The average Bonchev–Trinajstić information content (AvgIpc) is 3.07. The molecule has 0 saturated heterocycles. The number of rotatable bonds is 2. The molecule has 154 valence electrons. The van der Waals surface area contributed by atoms with Gasteiger partial charge in [-0.05, 0) is 0 Å². The van der Waals surface area contributed by atoms with Crippen LogP contribution in [-0.2, 0) is 14.1 Å². The van der Waals surface area contributed by atoms with Crippen molar-refractivity contribution < 1.29 is 9.72 Å². The molecule has 5 rings (SSSR count). The first-order valence-corrected chi connectivity index (χ1v) is 9.58. The normalized spacial score (nSPS) is 18.8. The van der Waals surface area contributed by atoms with E-state index >= 15 is 0 Å². The molecule has 0 N–H and O–H groups in total. The summed E-state index contributed by atoms with van der Waals surface area (Å²) in [6, 6.07) is 13.0. The molecule has 3 aromatic rings. The lowest BCUT2D eigenvalue weighted by Gasteiger charge is -2.29. The quantitative estimate of drug-likeness (QED) is 0.468. The number of aliphatic imine (C=N–C) groups is 1. The molecule has 1 aliphatic heterocycles. The monoisotopic (exact) mass is 416 g/mol. The summed E-state index contributed by atoms with van der Waals surface area (Å²) in [6.45, 7) is 0. The number of para-hydroxylation sites is 1. The Morgan fingerprint density at radius 2 is 1.55 bits per heavy atom. The number of ketones is 1. The predicted octanol–water partition coefficient (Wildman–Crippen LogP) is 2.07. The van der Waals surface area contributed by atoms with Gasteiger partial charge in [-0.3, -0.25) is 28.8 Å². The smallest absolute Gasteiger partial charge is 0.293 e. The number of Topliss-reactive ketones (excluding diaryl/α,β-unsaturated/α-hetero) is 1. The highest BCUT2D eigenvalue weighted by molar-refractivity contribution is 6.30. The number of carbonyl (C=O) groups excluding carboxylic acids is 1. The van der Waals surface area contributed by atoms with Gasteiger partial charge in [0, 0.05) is 42.8 Å². The highest BCUT2D eigenvalue weighted by Gasteiger charge is 2.49. The molecule has 1 aliphatic carbocycles. The Balaban J connectivity index is 1.94. The molecule has 0 saturated carbocycles. The van der Waals surface area contributed by atoms with Crippen LogP contribution in [0.25, 0.3) is 0 Å². The second-order valence-electron chi connectivity index (χ2n) is 7.62. The van der Waals surface area contributed by atoms with Crippen LogP contribution in [0.4, 0.5) is 11.5 Å². The van der Waals surface area contributed by atoms with Crippen molar-refractivity contribution in [3.63, 3.8) is 0 Å². The van der Waals surface area contributed by atoms with Crippen LogP contribution in [0.15, 0.2) is 63.1 Å². The summed E-state index contributed by atoms with van der Waals surface area (Å²) in [5.41, 5.74) is 0.443. The number of fused-ring (bicyclic) bond motifs is 4. The van der Waals surface area contributed by atoms with Gasteiger partial charge in [0.25, 0.3) is 11.2 Å². The lowest BCUT2D eigenvalue weighted by molar-refractivity contribution is -0.385. The van der Waals surface area contributed by atoms with Crippen molar-refractivity contribution in [3.05, 3.63) is 102 Å². The van der Waals surface area contributed by atoms with E-state index in [1.165, 1.54) is 30.8 Å². The van der Waals surface area contributed by atoms with Gasteiger partial charge in [0.15, 0.2) is 5.78 Å². The van der Waals surface area contributed by atoms with Crippen molar-refractivity contribution in [2.24, 2.45) is 25.0 Å². The fraction of sp³-hybridized carbons (Fsp3) is 0.182. The molecule has 1 aromatic heterocycles. The summed E-state index contributed by atoms with van der Waals surface area (Å²) in [6.07, 6.45) is 0. The molecule has 2 aliphatic rings. The van der Waals surface area contributed by atoms with Crippen LogP contribution in [0.2, 0.25) is 0 Å². The van der Waals surface area contributed by atoms with E-state index in [4.69, 9.17) is 0 Å². The zero-order valence-corrected chi connectivity index (χ0v) is 16.6. The summed E-state index contributed by atoms with van der Waals surface area (Å²) in [4.78, 5) is 55.1. The third kappa shape index (κ3) is 2.43. The Hall–Kier alpha value is -4.14. The molecular weight excluding hydrogens is 400 g/mol. The van der Waals surface area contributed by atoms with Gasteiger partial charge in [0.05, 0.1) is 22.1 Å². The average molecular weight is 416 g/mol. The fourth-order valence-electron chi connectivity index (χ4n) is 4.62. The second kappa shape index (κ2) is 6.43. The molecule has 0 amide bonds. The lowest BCUT2D eigenvalue weighted by Crippen LogP contribution is -2.43. The van der Waals surface area contributed by atoms with Gasteiger partial charge < -0.3 is 0 Å². The Morgan fingerprint density at radius 3 is 2.26 bits per heavy atom. The van der Waals surface area contributed by atoms with Crippen molar-refractivity contribution in [2.75, 3.05) is 0 Å². The van der Waals surface area contributed by atoms with Gasteiger partial charge in [-0.1, -0.05) is 42.5 Å². The van der Waals surface area contributed by atoms with E-state index in [0.717, 1.165) is 4.57 Å². The van der Waals surface area contributed by atoms with Crippen LogP contribution in [-0.4, -0.2) is 25.6 Å². The third-order valence-electron chi connectivity index (χ3n) is 6.05. The van der Waals surface area contributed by atoms with Crippen molar-refractivity contribution in [1.29, 1.82) is 0 Å². The molecule has 0 spiro atoms. The number of nitro benzene ring substituents is 1. The molecule has 31 heavy (non-hydrogen) atoms. The maximum atomic E-state index is 13.4. The van der Waals surface area contributed by atoms with Gasteiger partial charge in [-0.15, -0.1) is 0 Å². The minimum absolute atomic E-state index is 0.105. The first-order chi connectivity index (χ1) is 14.8. The van der Waals surface area contributed by atoms with E-state index in [2.05, 4.69) is 4.99 Å². The maximum absolute atomic E-state index is 13.4. The third-order valence-corrected chi connectivity index (χ3v) is 6.05. The Bertz CT molecular complexity index is 1460. The van der Waals surface area contributed by atoms with Crippen LogP contribution < -0.4 is 11.2 Å². The fourth-order valence-corrected chi connectivity index (χ4v) is 4.62. The van der Waals surface area contributed by atoms with Gasteiger partial charge >= 0.3 is 5.69 Å². The van der Waals surface area contributed by atoms with Crippen LogP contribution in [0.1, 0.15) is 33.0 Å². The molecular formula is C22H16N4O5. The first kappa shape index (κ1) is 18.9. The van der Waals surface area contributed by atoms with Gasteiger partial charge in [0.2, 0.25) is 0 Å². The Kier molecular flexibility index (Phi) is 3.91. The standard InChI is InChI=1S/C22H16N4O5/c1-24-20-17(21(28)25(2)22(24)29)15(13-9-5-6-10-14(13)26(30)31)16-18(23-20)11-7-3-4-8-12(11)19(16)27/h3-10,15-16H,1-2H3. The molecule has 0 fully saturated rings. The Labute approximate surface area is 175 Å². The molecule has 2 heterocycles. The van der Waals surface area contributed by atoms with Gasteiger partial charge in [-0.2, -0.15) is 0 Å². The minimum Gasteiger partial charge on any atom is -0.293 e. The van der Waals surface area contributed by atoms with E-state index in [0.29, 0.717) is 16.8 Å². The van der Waals surface area contributed by atoms with E-state index in [1.54, 1.807) is 36.4 Å². The molecule has 2 unspecified atom stereocenters. The summed E-state index contributed by atoms with van der Waals surface area (Å²) in [7, 11) is 2.83. The zero-order chi connectivity index (χ0) is 22.0. The van der Waals surface area contributed by atoms with Gasteiger partial charge in [0.1, 0.15) is 5.82 Å². The maximum Gasteiger partial charge on any atom is 0.332 e. The SMILES string of the molecule is Cn1c2c(c(=O)n(C)c1=O)C(c1ccccc1[N+](=O)[O-])C1C(=O)c3ccccc3C1=N2. The molecule has 9 heteroatoms. The topological polar surface area (TPSA) is 117 Å². The largest absolute Gasteiger partial charge is 0.332 e. The zero-order valence-electron chi connectivity index (χ0n) is 16.6. The number of nitrogens with zero attached hydrogens (tertiary/aromatic N) is 4. The number of carbonyl (C=O) groups is 1. The number of nitro groups is 1. The van der Waals surface area contributed by atoms with Crippen LogP contribution in [0, 0.1) is 16.0 Å².